The Kier molecular flexibility index (Phi) is 3.64. The van der Waals surface area contributed by atoms with E-state index in [2.05, 4.69) is 5.32 Å². The molecule has 0 aliphatic carbocycles. The van der Waals surface area contributed by atoms with Gasteiger partial charge in [0.1, 0.15) is 0 Å². The number of benzene rings is 1. The predicted molar refractivity (Wildman–Crippen MR) is 69.1 cm³/mol. The molecule has 0 saturated heterocycles. The molecule has 18 heavy (non-hydrogen) atoms. The van der Waals surface area contributed by atoms with Crippen LogP contribution in [0, 0.1) is 0 Å². The van der Waals surface area contributed by atoms with Gasteiger partial charge in [0.15, 0.2) is 0 Å². The molecule has 0 bridgehead atoms. The molecule has 0 aliphatic heterocycles. The van der Waals surface area contributed by atoms with Crippen LogP contribution >= 0.6 is 11.3 Å². The fourth-order valence-corrected chi connectivity index (χ4v) is 2.86. The maximum Gasteiger partial charge on any atom is 0.416 e. The van der Waals surface area contributed by atoms with E-state index in [-0.39, 0.29) is 0 Å². The smallest absolute Gasteiger partial charge is 0.317 e. The average molecular weight is 273 g/mol. The molecule has 1 aromatic heterocycles. The monoisotopic (exact) mass is 273 g/mol. The number of hydrogen-bond donors (Lipinski definition) is 1. The van der Waals surface area contributed by atoms with Gasteiger partial charge in [0, 0.05) is 10.7 Å². The second-order valence-corrected chi connectivity index (χ2v) is 5.27. The van der Waals surface area contributed by atoms with Gasteiger partial charge in [-0.25, -0.2) is 0 Å². The highest BCUT2D eigenvalue weighted by molar-refractivity contribution is 7.17. The van der Waals surface area contributed by atoms with Crippen molar-refractivity contribution in [3.63, 3.8) is 0 Å². The number of fused-ring (bicyclic) bond motifs is 1. The molecule has 1 nitrogen and oxygen atoms in total. The summed E-state index contributed by atoms with van der Waals surface area (Å²) in [6.45, 7) is 2.05. The van der Waals surface area contributed by atoms with Crippen LogP contribution in [0.3, 0.4) is 0 Å². The number of nitrogens with one attached hydrogen (secondary N) is 1. The van der Waals surface area contributed by atoms with Crippen molar-refractivity contribution in [2.75, 3.05) is 7.05 Å². The Balaban J connectivity index is 2.38. The number of likely N-dealkylation sites (N-methyl/N-ethyl adjacent to an activating group) is 1. The molecule has 0 fully saturated rings. The van der Waals surface area contributed by atoms with Gasteiger partial charge in [0.25, 0.3) is 0 Å². The quantitative estimate of drug-likeness (QED) is 0.889. The summed E-state index contributed by atoms with van der Waals surface area (Å²) in [5.74, 6) is 0. The second kappa shape index (κ2) is 4.90. The summed E-state index contributed by atoms with van der Waals surface area (Å²) in [7, 11) is 1.88. The van der Waals surface area contributed by atoms with Crippen LogP contribution in [0.2, 0.25) is 0 Å². The fraction of sp³-hybridized carbons (Fsp3) is 0.385. The van der Waals surface area contributed by atoms with Crippen molar-refractivity contribution >= 4 is 21.4 Å². The molecule has 2 aromatic rings. The first-order valence-corrected chi connectivity index (χ1v) is 6.54. The van der Waals surface area contributed by atoms with Gasteiger partial charge in [0.2, 0.25) is 0 Å². The maximum atomic E-state index is 12.6. The first-order valence-electron chi connectivity index (χ1n) is 5.66. The number of hydrogen-bond acceptors (Lipinski definition) is 2. The molecule has 1 heterocycles. The van der Waals surface area contributed by atoms with Gasteiger partial charge in [-0.15, -0.1) is 11.3 Å². The zero-order valence-corrected chi connectivity index (χ0v) is 11.0. The molecule has 5 heteroatoms. The summed E-state index contributed by atoms with van der Waals surface area (Å²) in [4.78, 5) is 0. The minimum Gasteiger partial charge on any atom is -0.317 e. The third-order valence-electron chi connectivity index (χ3n) is 3.00. The minimum absolute atomic E-state index is 0.310. The van der Waals surface area contributed by atoms with E-state index in [1.807, 2.05) is 19.4 Å². The van der Waals surface area contributed by atoms with Crippen LogP contribution in [-0.2, 0) is 12.6 Å². The molecule has 0 spiro atoms. The first-order chi connectivity index (χ1) is 8.41. The first kappa shape index (κ1) is 13.4. The number of halogens is 3. The summed E-state index contributed by atoms with van der Waals surface area (Å²) in [5.41, 5.74) is 0.524. The molecule has 98 valence electrons. The molecule has 0 radical (unpaired) electrons. The third kappa shape index (κ3) is 2.67. The summed E-state index contributed by atoms with van der Waals surface area (Å²) in [5, 5.41) is 6.00. The zero-order valence-electron chi connectivity index (χ0n) is 10.1. The summed E-state index contributed by atoms with van der Waals surface area (Å²) in [6.07, 6.45) is -3.45. The van der Waals surface area contributed by atoms with Crippen molar-refractivity contribution in [1.29, 1.82) is 0 Å². The van der Waals surface area contributed by atoms with E-state index in [1.54, 1.807) is 6.07 Å². The highest BCUT2D eigenvalue weighted by atomic mass is 32.1. The Morgan fingerprint density at radius 3 is 2.67 bits per heavy atom. The maximum absolute atomic E-state index is 12.6. The number of rotatable bonds is 3. The number of alkyl halides is 3. The van der Waals surface area contributed by atoms with Crippen molar-refractivity contribution in [3.05, 3.63) is 34.7 Å². The van der Waals surface area contributed by atoms with E-state index >= 15 is 0 Å². The minimum atomic E-state index is -4.27. The Hall–Kier alpha value is -1.07. The van der Waals surface area contributed by atoms with Crippen molar-refractivity contribution in [1.82, 2.24) is 5.32 Å². The van der Waals surface area contributed by atoms with Gasteiger partial charge in [-0.05, 0) is 48.9 Å². The number of thiophene rings is 1. The van der Waals surface area contributed by atoms with E-state index in [4.69, 9.17) is 0 Å². The van der Waals surface area contributed by atoms with Gasteiger partial charge in [-0.1, -0.05) is 6.07 Å². The van der Waals surface area contributed by atoms with Crippen LogP contribution in [-0.4, -0.2) is 13.1 Å². The van der Waals surface area contributed by atoms with Gasteiger partial charge in [-0.3, -0.25) is 0 Å². The molecule has 0 saturated carbocycles. The Bertz CT molecular complexity index is 545. The molecule has 0 amide bonds. The lowest BCUT2D eigenvalue weighted by molar-refractivity contribution is -0.137. The molecular formula is C13H14F3NS. The van der Waals surface area contributed by atoms with Crippen molar-refractivity contribution in [2.24, 2.45) is 0 Å². The lowest BCUT2D eigenvalue weighted by Gasteiger charge is -2.09. The van der Waals surface area contributed by atoms with Gasteiger partial charge < -0.3 is 5.32 Å². The molecule has 1 atom stereocenters. The van der Waals surface area contributed by atoms with E-state index in [9.17, 15) is 13.2 Å². The topological polar surface area (TPSA) is 12.0 Å². The molecule has 2 rings (SSSR count). The largest absolute Gasteiger partial charge is 0.416 e. The third-order valence-corrected chi connectivity index (χ3v) is 4.00. The van der Waals surface area contributed by atoms with Crippen LogP contribution in [0.15, 0.2) is 23.6 Å². The van der Waals surface area contributed by atoms with Crippen LogP contribution in [0.5, 0.6) is 0 Å². The van der Waals surface area contributed by atoms with E-state index in [0.29, 0.717) is 10.7 Å². The molecule has 1 unspecified atom stereocenters. The Morgan fingerprint density at radius 1 is 1.33 bits per heavy atom. The highest BCUT2D eigenvalue weighted by Gasteiger charge is 2.30. The summed E-state index contributed by atoms with van der Waals surface area (Å²) < 4.78 is 38.4. The zero-order chi connectivity index (χ0) is 13.3. The van der Waals surface area contributed by atoms with Crippen molar-refractivity contribution in [2.45, 2.75) is 25.6 Å². The van der Waals surface area contributed by atoms with E-state index in [0.717, 1.165) is 23.4 Å². The predicted octanol–water partition coefficient (Wildman–Crippen LogP) is 4.07. The van der Waals surface area contributed by atoms with Crippen molar-refractivity contribution < 1.29 is 13.2 Å². The Morgan fingerprint density at radius 2 is 2.06 bits per heavy atom. The van der Waals surface area contributed by atoms with Crippen LogP contribution in [0.1, 0.15) is 18.1 Å². The van der Waals surface area contributed by atoms with Gasteiger partial charge >= 0.3 is 6.18 Å². The Labute approximate surface area is 108 Å². The van der Waals surface area contributed by atoms with E-state index in [1.165, 1.54) is 17.4 Å². The van der Waals surface area contributed by atoms with Gasteiger partial charge in [0.05, 0.1) is 5.56 Å². The standard InChI is InChI=1S/C13H14F3NS/c1-8(17-2)5-9-7-18-12-6-10(13(14,15)16)3-4-11(9)12/h3-4,6-8,17H,5H2,1-2H3. The molecule has 0 aliphatic rings. The lowest BCUT2D eigenvalue weighted by atomic mass is 10.0. The van der Waals surface area contributed by atoms with E-state index < -0.39 is 11.7 Å². The van der Waals surface area contributed by atoms with Crippen LogP contribution in [0.4, 0.5) is 13.2 Å². The van der Waals surface area contributed by atoms with Crippen LogP contribution in [0.25, 0.3) is 10.1 Å². The molecule has 1 aromatic carbocycles. The molecular weight excluding hydrogens is 259 g/mol. The summed E-state index contributed by atoms with van der Waals surface area (Å²) in [6, 6.07) is 4.27. The summed E-state index contributed by atoms with van der Waals surface area (Å²) >= 11 is 1.37. The second-order valence-electron chi connectivity index (χ2n) is 4.36. The normalized spacial score (nSPS) is 14.1. The lowest BCUT2D eigenvalue weighted by Crippen LogP contribution is -2.23. The average Bonchev–Trinajstić information content (AvgIpc) is 2.70. The van der Waals surface area contributed by atoms with Gasteiger partial charge in [-0.2, -0.15) is 13.2 Å². The SMILES string of the molecule is CNC(C)Cc1csc2cc(C(F)(F)F)ccc12. The molecule has 1 N–H and O–H groups in total. The van der Waals surface area contributed by atoms with Crippen LogP contribution < -0.4 is 5.32 Å². The fourth-order valence-electron chi connectivity index (χ4n) is 1.85. The highest BCUT2D eigenvalue weighted by Crippen LogP contribution is 2.34. The van der Waals surface area contributed by atoms with Crippen molar-refractivity contribution in [3.8, 4) is 0 Å².